The highest BCUT2D eigenvalue weighted by Crippen LogP contribution is 2.55. The number of nitrogens with one attached hydrogen (secondary N) is 1. The molecule has 5 nitrogen and oxygen atoms in total. The van der Waals surface area contributed by atoms with Gasteiger partial charge in [-0.2, -0.15) is 11.8 Å². The third-order valence-corrected chi connectivity index (χ3v) is 7.29. The van der Waals surface area contributed by atoms with Crippen LogP contribution in [0.3, 0.4) is 0 Å². The van der Waals surface area contributed by atoms with Crippen LogP contribution in [-0.4, -0.2) is 45.4 Å². The quantitative estimate of drug-likeness (QED) is 0.903. The lowest BCUT2D eigenvalue weighted by molar-refractivity contribution is 0.0768. The first-order valence-corrected chi connectivity index (χ1v) is 9.04. The standard InChI is InChI=1S/C16H21N3O2S/c1-15-6-19(7-16(15,2)9-22-8-15)14(21)11-5-12(20)18-13(17-11)10-3-4-10/h5,10H,3-4,6-9H2,1-2H3,(H,17,18,20)/t15-,16+. The van der Waals surface area contributed by atoms with Crippen LogP contribution in [0.4, 0.5) is 0 Å². The summed E-state index contributed by atoms with van der Waals surface area (Å²) in [5.41, 5.74) is 0.444. The van der Waals surface area contributed by atoms with Gasteiger partial charge in [-0.1, -0.05) is 13.8 Å². The van der Waals surface area contributed by atoms with E-state index in [1.165, 1.54) is 6.07 Å². The number of amides is 1. The molecular weight excluding hydrogens is 298 g/mol. The van der Waals surface area contributed by atoms with Crippen molar-refractivity contribution in [2.45, 2.75) is 32.6 Å². The first-order chi connectivity index (χ1) is 10.4. The van der Waals surface area contributed by atoms with Crippen LogP contribution in [0.15, 0.2) is 10.9 Å². The highest BCUT2D eigenvalue weighted by Gasteiger charge is 2.56. The van der Waals surface area contributed by atoms with Crippen molar-refractivity contribution in [3.63, 3.8) is 0 Å². The van der Waals surface area contributed by atoms with Gasteiger partial charge >= 0.3 is 0 Å². The van der Waals surface area contributed by atoms with E-state index in [1.807, 2.05) is 16.7 Å². The van der Waals surface area contributed by atoms with Gasteiger partial charge in [-0.3, -0.25) is 9.59 Å². The SMILES string of the molecule is C[C@@]12CSC[C@]1(C)CN(C(=O)c1cc(=O)[nH]c(C3CC3)n1)C2. The van der Waals surface area contributed by atoms with E-state index in [0.717, 1.165) is 37.4 Å². The molecule has 0 unspecified atom stereocenters. The fourth-order valence-electron chi connectivity index (χ4n) is 3.66. The molecule has 2 aliphatic heterocycles. The molecule has 2 saturated heterocycles. The average molecular weight is 319 g/mol. The zero-order valence-electron chi connectivity index (χ0n) is 13.0. The van der Waals surface area contributed by atoms with Crippen molar-refractivity contribution in [3.8, 4) is 0 Å². The zero-order chi connectivity index (χ0) is 15.5. The fraction of sp³-hybridized carbons (Fsp3) is 0.688. The Balaban J connectivity index is 1.62. The molecule has 1 amide bonds. The summed E-state index contributed by atoms with van der Waals surface area (Å²) in [6.45, 7) is 6.09. The Hall–Kier alpha value is -1.30. The molecule has 0 aromatic carbocycles. The normalized spacial score (nSPS) is 34.0. The van der Waals surface area contributed by atoms with E-state index in [-0.39, 0.29) is 22.3 Å². The summed E-state index contributed by atoms with van der Waals surface area (Å²) in [4.78, 5) is 33.7. The van der Waals surface area contributed by atoms with Gasteiger partial charge < -0.3 is 9.88 Å². The topological polar surface area (TPSA) is 66.1 Å². The molecule has 4 rings (SSSR count). The molecule has 22 heavy (non-hydrogen) atoms. The van der Waals surface area contributed by atoms with Crippen LogP contribution < -0.4 is 5.56 Å². The molecule has 3 heterocycles. The van der Waals surface area contributed by atoms with E-state index in [4.69, 9.17) is 0 Å². The number of hydrogen-bond acceptors (Lipinski definition) is 4. The highest BCUT2D eigenvalue weighted by molar-refractivity contribution is 7.99. The van der Waals surface area contributed by atoms with Gasteiger partial charge in [-0.05, 0) is 12.8 Å². The molecule has 1 N–H and O–H groups in total. The number of carbonyl (C=O) groups is 1. The number of aromatic amines is 1. The van der Waals surface area contributed by atoms with Crippen LogP contribution in [-0.2, 0) is 0 Å². The van der Waals surface area contributed by atoms with Gasteiger partial charge in [-0.15, -0.1) is 0 Å². The molecule has 0 spiro atoms. The van der Waals surface area contributed by atoms with Crippen molar-refractivity contribution in [1.29, 1.82) is 0 Å². The summed E-state index contributed by atoms with van der Waals surface area (Å²) in [5, 5.41) is 0. The van der Waals surface area contributed by atoms with Crippen LogP contribution in [0.1, 0.15) is 48.9 Å². The highest BCUT2D eigenvalue weighted by atomic mass is 32.2. The maximum Gasteiger partial charge on any atom is 0.272 e. The minimum Gasteiger partial charge on any atom is -0.336 e. The molecule has 6 heteroatoms. The second-order valence-electron chi connectivity index (χ2n) is 7.57. The second kappa shape index (κ2) is 4.60. The van der Waals surface area contributed by atoms with E-state index in [2.05, 4.69) is 23.8 Å². The number of likely N-dealkylation sites (tertiary alicyclic amines) is 1. The van der Waals surface area contributed by atoms with Crippen LogP contribution >= 0.6 is 11.8 Å². The summed E-state index contributed by atoms with van der Waals surface area (Å²) < 4.78 is 0. The third kappa shape index (κ3) is 2.11. The lowest BCUT2D eigenvalue weighted by atomic mass is 9.71. The summed E-state index contributed by atoms with van der Waals surface area (Å²) in [6.07, 6.45) is 2.11. The number of H-pyrrole nitrogens is 1. The third-order valence-electron chi connectivity index (χ3n) is 5.61. The van der Waals surface area contributed by atoms with Crippen LogP contribution in [0.5, 0.6) is 0 Å². The molecule has 118 valence electrons. The summed E-state index contributed by atoms with van der Waals surface area (Å²) in [6, 6.07) is 1.35. The Bertz CT molecular complexity index is 681. The minimum absolute atomic E-state index is 0.0881. The van der Waals surface area contributed by atoms with Gasteiger partial charge in [0, 0.05) is 47.4 Å². The fourth-order valence-corrected chi connectivity index (χ4v) is 5.55. The molecule has 1 aromatic rings. The number of fused-ring (bicyclic) bond motifs is 1. The van der Waals surface area contributed by atoms with Crippen molar-refractivity contribution < 1.29 is 4.79 Å². The Kier molecular flexibility index (Phi) is 2.99. The van der Waals surface area contributed by atoms with E-state index in [1.54, 1.807) is 0 Å². The summed E-state index contributed by atoms with van der Waals surface area (Å²) >= 11 is 1.98. The number of nitrogens with zero attached hydrogens (tertiary/aromatic N) is 2. The summed E-state index contributed by atoms with van der Waals surface area (Å²) in [5.74, 6) is 3.13. The van der Waals surface area contributed by atoms with Crippen LogP contribution in [0.25, 0.3) is 0 Å². The molecule has 1 saturated carbocycles. The molecule has 0 bridgehead atoms. The first-order valence-electron chi connectivity index (χ1n) is 7.89. The largest absolute Gasteiger partial charge is 0.336 e. The van der Waals surface area contributed by atoms with Gasteiger partial charge in [-0.25, -0.2) is 4.98 Å². The Labute approximate surface area is 133 Å². The second-order valence-corrected chi connectivity index (χ2v) is 8.55. The predicted octanol–water partition coefficient (Wildman–Crippen LogP) is 1.86. The van der Waals surface area contributed by atoms with Gasteiger partial charge in [0.15, 0.2) is 0 Å². The Morgan fingerprint density at radius 3 is 2.55 bits per heavy atom. The van der Waals surface area contributed by atoms with Crippen LogP contribution in [0.2, 0.25) is 0 Å². The summed E-state index contributed by atoms with van der Waals surface area (Å²) in [7, 11) is 0. The maximum absolute atomic E-state index is 12.8. The number of thioether (sulfide) groups is 1. The minimum atomic E-state index is -0.215. The van der Waals surface area contributed by atoms with Crippen molar-refractivity contribution >= 4 is 17.7 Å². The maximum atomic E-state index is 12.8. The van der Waals surface area contributed by atoms with Crippen molar-refractivity contribution in [1.82, 2.24) is 14.9 Å². The van der Waals surface area contributed by atoms with Gasteiger partial charge in [0.1, 0.15) is 11.5 Å². The lowest BCUT2D eigenvalue weighted by Gasteiger charge is -2.30. The van der Waals surface area contributed by atoms with Crippen molar-refractivity contribution in [2.75, 3.05) is 24.6 Å². The van der Waals surface area contributed by atoms with E-state index < -0.39 is 0 Å². The zero-order valence-corrected chi connectivity index (χ0v) is 13.8. The Morgan fingerprint density at radius 1 is 1.32 bits per heavy atom. The number of hydrogen-bond donors (Lipinski definition) is 1. The van der Waals surface area contributed by atoms with Crippen molar-refractivity contribution in [3.05, 3.63) is 27.9 Å². The van der Waals surface area contributed by atoms with Gasteiger partial charge in [0.05, 0.1) is 0 Å². The molecular formula is C16H21N3O2S. The average Bonchev–Trinajstić information content (AvgIpc) is 3.20. The molecule has 1 aliphatic carbocycles. The number of aromatic nitrogens is 2. The van der Waals surface area contributed by atoms with E-state index in [9.17, 15) is 9.59 Å². The molecule has 3 fully saturated rings. The molecule has 2 atom stereocenters. The number of rotatable bonds is 2. The first kappa shape index (κ1) is 14.3. The monoisotopic (exact) mass is 319 g/mol. The van der Waals surface area contributed by atoms with E-state index >= 15 is 0 Å². The van der Waals surface area contributed by atoms with Gasteiger partial charge in [0.25, 0.3) is 11.5 Å². The smallest absolute Gasteiger partial charge is 0.272 e. The van der Waals surface area contributed by atoms with E-state index in [0.29, 0.717) is 17.4 Å². The lowest BCUT2D eigenvalue weighted by Crippen LogP contribution is -2.34. The predicted molar refractivity (Wildman–Crippen MR) is 86.3 cm³/mol. The van der Waals surface area contributed by atoms with Crippen LogP contribution in [0, 0.1) is 10.8 Å². The Morgan fingerprint density at radius 2 is 1.95 bits per heavy atom. The molecule has 1 aromatic heterocycles. The molecule has 3 aliphatic rings. The molecule has 0 radical (unpaired) electrons. The van der Waals surface area contributed by atoms with Gasteiger partial charge in [0.2, 0.25) is 0 Å². The van der Waals surface area contributed by atoms with Crippen molar-refractivity contribution in [2.24, 2.45) is 10.8 Å². The number of carbonyl (C=O) groups excluding carboxylic acids is 1.